The van der Waals surface area contributed by atoms with Gasteiger partial charge in [0.05, 0.1) is 18.2 Å². The van der Waals surface area contributed by atoms with Gasteiger partial charge < -0.3 is 9.88 Å². The molecule has 0 saturated carbocycles. The molecule has 1 aliphatic rings. The first-order valence-corrected chi connectivity index (χ1v) is 8.32. The lowest BCUT2D eigenvalue weighted by Crippen LogP contribution is -2.34. The molecule has 0 spiro atoms. The average Bonchev–Trinajstić information content (AvgIpc) is 3.08. The van der Waals surface area contributed by atoms with E-state index in [0.717, 1.165) is 48.8 Å². The van der Waals surface area contributed by atoms with Gasteiger partial charge in [-0.1, -0.05) is 0 Å². The van der Waals surface area contributed by atoms with E-state index in [-0.39, 0.29) is 5.56 Å². The molecule has 1 fully saturated rings. The zero-order valence-electron chi connectivity index (χ0n) is 14.0. The maximum absolute atomic E-state index is 11.5. The minimum absolute atomic E-state index is 0.0950. The van der Waals surface area contributed by atoms with Crippen molar-refractivity contribution in [3.8, 4) is 5.82 Å². The van der Waals surface area contributed by atoms with Crippen LogP contribution in [0.1, 0.15) is 30.0 Å². The van der Waals surface area contributed by atoms with Crippen LogP contribution in [0.4, 0.5) is 5.82 Å². The zero-order valence-corrected chi connectivity index (χ0v) is 14.0. The predicted molar refractivity (Wildman–Crippen MR) is 92.9 cm³/mol. The molecule has 8 nitrogen and oxygen atoms in total. The van der Waals surface area contributed by atoms with Crippen molar-refractivity contribution in [1.29, 1.82) is 0 Å². The molecule has 0 bridgehead atoms. The van der Waals surface area contributed by atoms with E-state index in [1.165, 1.54) is 6.33 Å². The third-order valence-corrected chi connectivity index (χ3v) is 4.52. The minimum atomic E-state index is -0.0950. The summed E-state index contributed by atoms with van der Waals surface area (Å²) in [5, 5.41) is 4.30. The van der Waals surface area contributed by atoms with Gasteiger partial charge in [0.2, 0.25) is 0 Å². The maximum atomic E-state index is 11.5. The maximum Gasteiger partial charge on any atom is 0.250 e. The highest BCUT2D eigenvalue weighted by Crippen LogP contribution is 2.28. The lowest BCUT2D eigenvalue weighted by Gasteiger charge is -2.32. The Labute approximate surface area is 144 Å². The number of nitrogens with one attached hydrogen (secondary N) is 1. The lowest BCUT2D eigenvalue weighted by atomic mass is 9.93. The van der Waals surface area contributed by atoms with Crippen LogP contribution in [-0.4, -0.2) is 42.8 Å². The summed E-state index contributed by atoms with van der Waals surface area (Å²) in [6.45, 7) is 3.74. The van der Waals surface area contributed by atoms with Crippen LogP contribution in [0.5, 0.6) is 0 Å². The summed E-state index contributed by atoms with van der Waals surface area (Å²) in [7, 11) is 0. The molecule has 3 aromatic rings. The standard InChI is InChI=1S/C17H19N7O/c1-12-8-22-24(9-12)16-7-15(19-11-20-16)23-4-2-13(3-5-23)14-6-17(25)21-10-18-14/h6-11,13H,2-5H2,1H3,(H,18,21,25). The molecule has 4 rings (SSSR count). The fourth-order valence-electron chi connectivity index (χ4n) is 3.18. The Morgan fingerprint density at radius 3 is 2.64 bits per heavy atom. The van der Waals surface area contributed by atoms with Crippen molar-refractivity contribution in [2.24, 2.45) is 0 Å². The molecule has 1 aliphatic heterocycles. The summed E-state index contributed by atoms with van der Waals surface area (Å²) >= 11 is 0. The Balaban J connectivity index is 1.48. The molecule has 0 atom stereocenters. The second kappa shape index (κ2) is 6.46. The van der Waals surface area contributed by atoms with Crippen molar-refractivity contribution in [1.82, 2.24) is 29.7 Å². The van der Waals surface area contributed by atoms with Gasteiger partial charge in [0.15, 0.2) is 5.82 Å². The minimum Gasteiger partial charge on any atom is -0.356 e. The Hall–Kier alpha value is -3.03. The highest BCUT2D eigenvalue weighted by atomic mass is 16.1. The van der Waals surface area contributed by atoms with Crippen LogP contribution in [0, 0.1) is 6.92 Å². The van der Waals surface area contributed by atoms with Gasteiger partial charge >= 0.3 is 0 Å². The second-order valence-electron chi connectivity index (χ2n) is 6.29. The molecule has 0 aliphatic carbocycles. The normalized spacial score (nSPS) is 15.5. The van der Waals surface area contributed by atoms with Crippen LogP contribution in [-0.2, 0) is 0 Å². The van der Waals surface area contributed by atoms with Gasteiger partial charge in [-0.2, -0.15) is 5.10 Å². The molecular formula is C17H19N7O. The van der Waals surface area contributed by atoms with E-state index in [1.54, 1.807) is 17.1 Å². The topological polar surface area (TPSA) is 92.6 Å². The lowest BCUT2D eigenvalue weighted by molar-refractivity contribution is 0.492. The van der Waals surface area contributed by atoms with Gasteiger partial charge in [0.25, 0.3) is 5.56 Å². The number of anilines is 1. The average molecular weight is 337 g/mol. The number of aromatic amines is 1. The number of rotatable bonds is 3. The quantitative estimate of drug-likeness (QED) is 0.777. The Morgan fingerprint density at radius 1 is 1.12 bits per heavy atom. The van der Waals surface area contributed by atoms with Crippen LogP contribution < -0.4 is 10.5 Å². The summed E-state index contributed by atoms with van der Waals surface area (Å²) in [4.78, 5) is 29.3. The fraction of sp³-hybridized carbons (Fsp3) is 0.353. The molecule has 0 unspecified atom stereocenters. The van der Waals surface area contributed by atoms with Crippen LogP contribution in [0.25, 0.3) is 5.82 Å². The largest absolute Gasteiger partial charge is 0.356 e. The Bertz CT molecular complexity index is 924. The molecule has 0 radical (unpaired) electrons. The number of H-pyrrole nitrogens is 1. The smallest absolute Gasteiger partial charge is 0.250 e. The van der Waals surface area contributed by atoms with E-state index in [0.29, 0.717) is 5.92 Å². The van der Waals surface area contributed by atoms with E-state index in [2.05, 4.69) is 29.9 Å². The van der Waals surface area contributed by atoms with Gasteiger partial charge in [-0.3, -0.25) is 4.79 Å². The Kier molecular flexibility index (Phi) is 4.01. The predicted octanol–water partition coefficient (Wildman–Crippen LogP) is 1.44. The van der Waals surface area contributed by atoms with Crippen LogP contribution in [0.15, 0.2) is 42.0 Å². The van der Waals surface area contributed by atoms with Gasteiger partial charge in [0, 0.05) is 37.3 Å². The van der Waals surface area contributed by atoms with Gasteiger partial charge in [-0.15, -0.1) is 0 Å². The summed E-state index contributed by atoms with van der Waals surface area (Å²) in [5.74, 6) is 1.97. The molecule has 0 amide bonds. The van der Waals surface area contributed by atoms with Crippen LogP contribution in [0.3, 0.4) is 0 Å². The summed E-state index contributed by atoms with van der Waals surface area (Å²) in [5.41, 5.74) is 1.87. The number of hydrogen-bond donors (Lipinski definition) is 1. The monoisotopic (exact) mass is 337 g/mol. The molecule has 1 N–H and O–H groups in total. The first-order chi connectivity index (χ1) is 12.2. The van der Waals surface area contributed by atoms with E-state index in [4.69, 9.17) is 0 Å². The van der Waals surface area contributed by atoms with E-state index >= 15 is 0 Å². The second-order valence-corrected chi connectivity index (χ2v) is 6.29. The van der Waals surface area contributed by atoms with Crippen molar-refractivity contribution in [2.75, 3.05) is 18.0 Å². The fourth-order valence-corrected chi connectivity index (χ4v) is 3.18. The van der Waals surface area contributed by atoms with Crippen molar-refractivity contribution >= 4 is 5.82 Å². The van der Waals surface area contributed by atoms with Crippen molar-refractivity contribution in [3.63, 3.8) is 0 Å². The molecule has 25 heavy (non-hydrogen) atoms. The molecule has 3 aromatic heterocycles. The van der Waals surface area contributed by atoms with E-state index in [1.807, 2.05) is 25.4 Å². The number of aromatic nitrogens is 6. The summed E-state index contributed by atoms with van der Waals surface area (Å²) in [6.07, 6.45) is 8.69. The van der Waals surface area contributed by atoms with E-state index < -0.39 is 0 Å². The van der Waals surface area contributed by atoms with Crippen LogP contribution in [0.2, 0.25) is 0 Å². The van der Waals surface area contributed by atoms with Gasteiger partial charge in [-0.25, -0.2) is 19.6 Å². The number of hydrogen-bond acceptors (Lipinski definition) is 6. The van der Waals surface area contributed by atoms with Gasteiger partial charge in [-0.05, 0) is 25.3 Å². The van der Waals surface area contributed by atoms with Crippen molar-refractivity contribution in [2.45, 2.75) is 25.7 Å². The first-order valence-electron chi connectivity index (χ1n) is 8.32. The third-order valence-electron chi connectivity index (χ3n) is 4.52. The molecule has 1 saturated heterocycles. The summed E-state index contributed by atoms with van der Waals surface area (Å²) in [6, 6.07) is 3.56. The molecular weight excluding hydrogens is 318 g/mol. The molecule has 8 heteroatoms. The number of aryl methyl sites for hydroxylation is 1. The highest BCUT2D eigenvalue weighted by Gasteiger charge is 2.23. The van der Waals surface area contributed by atoms with Crippen LogP contribution >= 0.6 is 0 Å². The Morgan fingerprint density at radius 2 is 1.92 bits per heavy atom. The molecule has 128 valence electrons. The SMILES string of the molecule is Cc1cnn(-c2cc(N3CCC(c4cc(=O)[nH]cn4)CC3)ncn2)c1. The number of piperidine rings is 1. The zero-order chi connectivity index (χ0) is 17.2. The highest BCUT2D eigenvalue weighted by molar-refractivity contribution is 5.44. The van der Waals surface area contributed by atoms with E-state index in [9.17, 15) is 4.79 Å². The third kappa shape index (κ3) is 3.28. The number of nitrogens with zero attached hydrogens (tertiary/aromatic N) is 6. The van der Waals surface area contributed by atoms with Crippen molar-refractivity contribution < 1.29 is 0 Å². The summed E-state index contributed by atoms with van der Waals surface area (Å²) < 4.78 is 1.76. The first kappa shape index (κ1) is 15.5. The molecule has 0 aromatic carbocycles. The van der Waals surface area contributed by atoms with Gasteiger partial charge in [0.1, 0.15) is 12.1 Å². The molecule has 4 heterocycles. The van der Waals surface area contributed by atoms with Crippen molar-refractivity contribution in [3.05, 3.63) is 58.8 Å².